The Hall–Kier alpha value is -2.68. The van der Waals surface area contributed by atoms with Gasteiger partial charge >= 0.3 is 14.1 Å². The van der Waals surface area contributed by atoms with Crippen molar-refractivity contribution in [2.45, 2.75) is 13.1 Å². The highest BCUT2D eigenvalue weighted by Crippen LogP contribution is 2.43. The Morgan fingerprint density at radius 1 is 1.30 bits per heavy atom. The van der Waals surface area contributed by atoms with Crippen molar-refractivity contribution in [2.75, 3.05) is 17.6 Å². The molecule has 0 spiro atoms. The maximum Gasteiger partial charge on any atom is 0.487 e. The van der Waals surface area contributed by atoms with Crippen LogP contribution in [0.4, 0.5) is 24.5 Å². The van der Waals surface area contributed by atoms with E-state index in [4.69, 9.17) is 21.2 Å². The lowest BCUT2D eigenvalue weighted by atomic mass is 10.2. The van der Waals surface area contributed by atoms with Crippen LogP contribution in [-0.4, -0.2) is 17.7 Å². The molecule has 2 aromatic carbocycles. The first-order valence-corrected chi connectivity index (χ1v) is 10.2. The summed E-state index contributed by atoms with van der Waals surface area (Å²) in [4.78, 5) is 16.9. The summed E-state index contributed by atoms with van der Waals surface area (Å²) in [6, 6.07) is 6.06. The minimum Gasteiger partial charge on any atom is -0.456 e. The summed E-state index contributed by atoms with van der Waals surface area (Å²) in [5, 5.41) is 11.1. The molecule has 0 saturated carbocycles. The van der Waals surface area contributed by atoms with E-state index < -0.39 is 30.3 Å². The molecule has 1 atom stereocenters. The molecule has 0 bridgehead atoms. The number of anilines is 1. The number of halogens is 4. The molecule has 7 nitrogen and oxygen atoms in total. The predicted molar refractivity (Wildman–Crippen MR) is 106 cm³/mol. The van der Waals surface area contributed by atoms with E-state index in [-0.39, 0.29) is 35.0 Å². The van der Waals surface area contributed by atoms with Crippen LogP contribution in [0.15, 0.2) is 49.1 Å². The number of hydrogen-bond donors (Lipinski definition) is 0. The molecule has 2 rings (SSSR count). The van der Waals surface area contributed by atoms with Crippen LogP contribution in [0.3, 0.4) is 0 Å². The lowest BCUT2D eigenvalue weighted by molar-refractivity contribution is -0.384. The topological polar surface area (TPSA) is 81.9 Å². The Labute approximate surface area is 175 Å². The highest BCUT2D eigenvalue weighted by molar-refractivity contribution is 7.46. The lowest BCUT2D eigenvalue weighted by Gasteiger charge is -2.14. The van der Waals surface area contributed by atoms with Crippen molar-refractivity contribution in [3.8, 4) is 11.5 Å². The second-order valence-corrected chi connectivity index (χ2v) is 7.79. The van der Waals surface area contributed by atoms with Crippen molar-refractivity contribution >= 4 is 30.9 Å². The zero-order chi connectivity index (χ0) is 22.5. The summed E-state index contributed by atoms with van der Waals surface area (Å²) in [5.74, 6) is -0.0770. The summed E-state index contributed by atoms with van der Waals surface area (Å²) in [6.07, 6.45) is -3.06. The number of benzene rings is 2. The number of hydrogen-bond acceptors (Lipinski definition) is 5. The smallest absolute Gasteiger partial charge is 0.456 e. The number of nitro groups is 1. The first-order chi connectivity index (χ1) is 14.1. The van der Waals surface area contributed by atoms with Gasteiger partial charge in [-0.2, -0.15) is 13.2 Å². The fraction of sp³-hybridized carbons (Fsp3) is 0.222. The molecule has 0 aliphatic carbocycles. The molecule has 0 heterocycles. The van der Waals surface area contributed by atoms with Crippen molar-refractivity contribution in [2.24, 2.45) is 0 Å². The molecule has 0 aromatic heterocycles. The maximum absolute atomic E-state index is 12.8. The third-order valence-electron chi connectivity index (χ3n) is 3.62. The normalized spacial score (nSPS) is 11.7. The molecule has 1 unspecified atom stereocenters. The quantitative estimate of drug-likeness (QED) is 0.177. The molecule has 0 radical (unpaired) electrons. The zero-order valence-corrected chi connectivity index (χ0v) is 17.2. The van der Waals surface area contributed by atoms with E-state index in [1.165, 1.54) is 18.2 Å². The molecule has 0 fully saturated rings. The number of rotatable bonds is 9. The highest BCUT2D eigenvalue weighted by atomic mass is 35.5. The van der Waals surface area contributed by atoms with Gasteiger partial charge in [0.25, 0.3) is 5.69 Å². The number of alkyl halides is 3. The van der Waals surface area contributed by atoms with Crippen LogP contribution < -0.4 is 9.57 Å². The summed E-state index contributed by atoms with van der Waals surface area (Å²) in [7, 11) is -2.16. The fourth-order valence-corrected chi connectivity index (χ4v) is 3.34. The van der Waals surface area contributed by atoms with E-state index in [2.05, 4.69) is 6.58 Å². The largest absolute Gasteiger partial charge is 0.487 e. The number of ether oxygens (including phenoxy) is 1. The molecular formula is C18H16ClF3N2O5P+. The van der Waals surface area contributed by atoms with Crippen LogP contribution in [0, 0.1) is 10.1 Å². The molecule has 2 aromatic rings. The van der Waals surface area contributed by atoms with Crippen LogP contribution in [0.5, 0.6) is 11.5 Å². The monoisotopic (exact) mass is 463 g/mol. The molecule has 0 N–H and O–H groups in total. The maximum atomic E-state index is 12.8. The molecular weight excluding hydrogens is 448 g/mol. The number of nitro benzene ring substituents is 1. The van der Waals surface area contributed by atoms with E-state index in [0.717, 1.165) is 23.0 Å². The minimum atomic E-state index is -4.57. The highest BCUT2D eigenvalue weighted by Gasteiger charge is 2.34. The van der Waals surface area contributed by atoms with E-state index in [0.29, 0.717) is 6.07 Å². The average molecular weight is 464 g/mol. The third-order valence-corrected chi connectivity index (χ3v) is 5.20. The van der Waals surface area contributed by atoms with Crippen LogP contribution in [-0.2, 0) is 15.6 Å². The van der Waals surface area contributed by atoms with Crippen LogP contribution in [0.2, 0.25) is 5.02 Å². The Morgan fingerprint density at radius 3 is 2.53 bits per heavy atom. The van der Waals surface area contributed by atoms with E-state index in [1.807, 2.05) is 0 Å². The Bertz CT molecular complexity index is 971. The molecule has 12 heteroatoms. The fourth-order valence-electron chi connectivity index (χ4n) is 2.27. The van der Waals surface area contributed by atoms with E-state index in [1.54, 1.807) is 6.92 Å². The molecule has 0 aliphatic heterocycles. The zero-order valence-electron chi connectivity index (χ0n) is 15.6. The van der Waals surface area contributed by atoms with E-state index >= 15 is 0 Å². The Kier molecular flexibility index (Phi) is 7.77. The van der Waals surface area contributed by atoms with Gasteiger partial charge in [0.2, 0.25) is 0 Å². The second kappa shape index (κ2) is 9.88. The first kappa shape index (κ1) is 23.6. The van der Waals surface area contributed by atoms with Crippen molar-refractivity contribution in [1.29, 1.82) is 0 Å². The van der Waals surface area contributed by atoms with Crippen LogP contribution in [0.1, 0.15) is 12.5 Å². The van der Waals surface area contributed by atoms with Crippen molar-refractivity contribution in [1.82, 2.24) is 0 Å². The molecule has 0 aliphatic rings. The van der Waals surface area contributed by atoms with Crippen LogP contribution in [0.25, 0.3) is 0 Å². The van der Waals surface area contributed by atoms with Gasteiger partial charge in [0.15, 0.2) is 11.8 Å². The predicted octanol–water partition coefficient (Wildman–Crippen LogP) is 6.75. The average Bonchev–Trinajstić information content (AvgIpc) is 2.68. The third kappa shape index (κ3) is 5.69. The van der Waals surface area contributed by atoms with Gasteiger partial charge in [0, 0.05) is 12.1 Å². The summed E-state index contributed by atoms with van der Waals surface area (Å²) in [6.45, 7) is 5.02. The van der Waals surface area contributed by atoms with E-state index in [9.17, 15) is 27.9 Å². The van der Waals surface area contributed by atoms with Crippen molar-refractivity contribution in [3.05, 3.63) is 69.8 Å². The van der Waals surface area contributed by atoms with Gasteiger partial charge in [-0.25, -0.2) is 4.84 Å². The second-order valence-electron chi connectivity index (χ2n) is 5.68. The summed E-state index contributed by atoms with van der Waals surface area (Å²) < 4.78 is 56.2. The Morgan fingerprint density at radius 2 is 2.00 bits per heavy atom. The molecule has 0 amide bonds. The van der Waals surface area contributed by atoms with Gasteiger partial charge in [-0.15, -0.1) is 6.58 Å². The molecule has 160 valence electrons. The van der Waals surface area contributed by atoms with Crippen molar-refractivity contribution in [3.63, 3.8) is 0 Å². The van der Waals surface area contributed by atoms with Gasteiger partial charge in [-0.1, -0.05) is 17.7 Å². The van der Waals surface area contributed by atoms with Gasteiger partial charge in [-0.05, 0) is 40.6 Å². The van der Waals surface area contributed by atoms with Gasteiger partial charge in [0.1, 0.15) is 11.5 Å². The summed E-state index contributed by atoms with van der Waals surface area (Å²) >= 11 is 5.88. The first-order valence-electron chi connectivity index (χ1n) is 8.40. The van der Waals surface area contributed by atoms with Gasteiger partial charge in [-0.3, -0.25) is 10.1 Å². The SMILES string of the molecule is C=CCON(c1cc(Oc2ccc(C(F)(F)F)cc2Cl)ccc1[N+](=O)[O-])[P+](=O)CC. The van der Waals surface area contributed by atoms with Gasteiger partial charge in [0.05, 0.1) is 22.1 Å². The minimum absolute atomic E-state index is 0.0176. The standard InChI is InChI=1S/C18H16ClF3N2O5P/c1-3-9-28-24(30(27)4-2)16-11-13(6-7-15(16)23(25)26)29-17-8-5-12(10-14(17)19)18(20,21)22/h3,5-8,10-11H,1,4,9H2,2H3/q+1. The summed E-state index contributed by atoms with van der Waals surface area (Å²) in [5.41, 5.74) is -1.50. The lowest BCUT2D eigenvalue weighted by Crippen LogP contribution is -2.17. The van der Waals surface area contributed by atoms with Crippen molar-refractivity contribution < 1.29 is 32.2 Å². The number of nitrogens with zero attached hydrogens (tertiary/aromatic N) is 2. The van der Waals surface area contributed by atoms with Crippen LogP contribution >= 0.6 is 19.6 Å². The Balaban J connectivity index is 2.45. The van der Waals surface area contributed by atoms with Gasteiger partial charge < -0.3 is 4.74 Å². The molecule has 0 saturated heterocycles. The molecule has 30 heavy (non-hydrogen) atoms.